The van der Waals surface area contributed by atoms with E-state index in [1.54, 1.807) is 0 Å². The molecular formula is C9H13N3OS. The predicted molar refractivity (Wildman–Crippen MR) is 56.0 cm³/mol. The molecule has 1 aliphatic rings. The van der Waals surface area contributed by atoms with Crippen LogP contribution in [0.5, 0.6) is 0 Å². The second-order valence-corrected chi connectivity index (χ2v) is 4.62. The fourth-order valence-corrected chi connectivity index (χ4v) is 2.76. The van der Waals surface area contributed by atoms with Crippen LogP contribution in [0.15, 0.2) is 0 Å². The Morgan fingerprint density at radius 2 is 2.50 bits per heavy atom. The van der Waals surface area contributed by atoms with Crippen molar-refractivity contribution in [3.8, 4) is 0 Å². The Kier molecular flexibility index (Phi) is 2.41. The van der Waals surface area contributed by atoms with E-state index < -0.39 is 0 Å². The first-order valence-corrected chi connectivity index (χ1v) is 5.50. The Hall–Kier alpha value is -1.10. The maximum absolute atomic E-state index is 11.0. The lowest BCUT2D eigenvalue weighted by Crippen LogP contribution is -2.28. The normalized spacial score (nSPS) is 20.2. The minimum Gasteiger partial charge on any atom is -0.375 e. The smallest absolute Gasteiger partial charge is 0.217 e. The third-order valence-electron chi connectivity index (χ3n) is 2.35. The van der Waals surface area contributed by atoms with Crippen LogP contribution in [-0.4, -0.2) is 10.9 Å². The van der Waals surface area contributed by atoms with E-state index in [0.29, 0.717) is 5.13 Å². The molecule has 1 aromatic heterocycles. The van der Waals surface area contributed by atoms with E-state index in [4.69, 9.17) is 5.73 Å². The first kappa shape index (κ1) is 9.45. The van der Waals surface area contributed by atoms with Gasteiger partial charge in [0, 0.05) is 11.8 Å². The fraction of sp³-hybridized carbons (Fsp3) is 0.556. The molecule has 1 atom stereocenters. The van der Waals surface area contributed by atoms with E-state index in [2.05, 4.69) is 10.3 Å². The molecule has 0 fully saturated rings. The summed E-state index contributed by atoms with van der Waals surface area (Å²) < 4.78 is 0. The van der Waals surface area contributed by atoms with Gasteiger partial charge in [0.1, 0.15) is 0 Å². The van der Waals surface area contributed by atoms with Crippen LogP contribution < -0.4 is 11.1 Å². The molecule has 0 spiro atoms. The molecule has 2 rings (SSSR count). The lowest BCUT2D eigenvalue weighted by molar-refractivity contribution is -0.119. The van der Waals surface area contributed by atoms with Gasteiger partial charge in [0.15, 0.2) is 5.13 Å². The van der Waals surface area contributed by atoms with Crippen LogP contribution in [0.2, 0.25) is 0 Å². The van der Waals surface area contributed by atoms with Gasteiger partial charge in [-0.15, -0.1) is 11.3 Å². The minimum absolute atomic E-state index is 0.00517. The molecule has 4 nitrogen and oxygen atoms in total. The number of nitrogens with one attached hydrogen (secondary N) is 1. The van der Waals surface area contributed by atoms with Gasteiger partial charge in [0.05, 0.1) is 11.7 Å². The highest BCUT2D eigenvalue weighted by atomic mass is 32.1. The third kappa shape index (κ3) is 1.72. The maximum Gasteiger partial charge on any atom is 0.217 e. The third-order valence-corrected chi connectivity index (χ3v) is 3.31. The summed E-state index contributed by atoms with van der Waals surface area (Å²) in [6.07, 6.45) is 3.11. The van der Waals surface area contributed by atoms with Crippen LogP contribution in [0, 0.1) is 0 Å². The zero-order valence-corrected chi connectivity index (χ0v) is 8.86. The number of fused-ring (bicyclic) bond motifs is 1. The van der Waals surface area contributed by atoms with Crippen molar-refractivity contribution >= 4 is 22.4 Å². The highest BCUT2D eigenvalue weighted by Crippen LogP contribution is 2.33. The second-order valence-electron chi connectivity index (χ2n) is 3.51. The summed E-state index contributed by atoms with van der Waals surface area (Å²) in [5.41, 5.74) is 6.63. The van der Waals surface area contributed by atoms with Gasteiger partial charge < -0.3 is 11.1 Å². The number of aromatic nitrogens is 1. The van der Waals surface area contributed by atoms with E-state index in [-0.39, 0.29) is 11.9 Å². The molecule has 1 aliphatic carbocycles. The molecule has 1 aromatic rings. The van der Waals surface area contributed by atoms with Gasteiger partial charge in [-0.3, -0.25) is 4.79 Å². The van der Waals surface area contributed by atoms with Crippen LogP contribution in [0.4, 0.5) is 5.13 Å². The van der Waals surface area contributed by atoms with Gasteiger partial charge >= 0.3 is 0 Å². The number of hydrogen-bond acceptors (Lipinski definition) is 4. The molecule has 1 amide bonds. The topological polar surface area (TPSA) is 68.0 Å². The van der Waals surface area contributed by atoms with Gasteiger partial charge in [-0.25, -0.2) is 4.98 Å². The summed E-state index contributed by atoms with van der Waals surface area (Å²) in [5, 5.41) is 3.50. The number of aryl methyl sites for hydroxylation is 1. The highest BCUT2D eigenvalue weighted by Gasteiger charge is 2.24. The van der Waals surface area contributed by atoms with Crippen LogP contribution >= 0.6 is 11.3 Å². The van der Waals surface area contributed by atoms with E-state index in [1.165, 1.54) is 23.1 Å². The Labute approximate surface area is 86.5 Å². The first-order valence-electron chi connectivity index (χ1n) is 4.69. The number of nitrogens with two attached hydrogens (primary N) is 1. The molecule has 1 heterocycles. The van der Waals surface area contributed by atoms with Crippen molar-refractivity contribution in [3.05, 3.63) is 10.6 Å². The molecule has 5 heteroatoms. The zero-order chi connectivity index (χ0) is 10.1. The number of anilines is 1. The number of thiazole rings is 1. The van der Waals surface area contributed by atoms with E-state index >= 15 is 0 Å². The molecule has 0 radical (unpaired) electrons. The molecule has 0 aliphatic heterocycles. The largest absolute Gasteiger partial charge is 0.375 e. The van der Waals surface area contributed by atoms with Gasteiger partial charge in [0.25, 0.3) is 0 Å². The Bertz CT molecular complexity index is 361. The van der Waals surface area contributed by atoms with E-state index in [1.807, 2.05) is 0 Å². The van der Waals surface area contributed by atoms with Crippen LogP contribution in [0.3, 0.4) is 0 Å². The standard InChI is InChI=1S/C9H13N3OS/c1-5(13)11-6-3-2-4-7-8(6)12-9(10)14-7/h6H,2-4H2,1H3,(H2,10,12)(H,11,13). The summed E-state index contributed by atoms with van der Waals surface area (Å²) >= 11 is 1.54. The SMILES string of the molecule is CC(=O)NC1CCCc2sc(N)nc21. The molecule has 0 saturated heterocycles. The van der Waals surface area contributed by atoms with Crippen molar-refractivity contribution < 1.29 is 4.79 Å². The molecule has 14 heavy (non-hydrogen) atoms. The van der Waals surface area contributed by atoms with E-state index in [0.717, 1.165) is 25.0 Å². The van der Waals surface area contributed by atoms with Gasteiger partial charge in [-0.2, -0.15) is 0 Å². The number of nitrogen functional groups attached to an aromatic ring is 1. The number of rotatable bonds is 1. The number of hydrogen-bond donors (Lipinski definition) is 2. The Morgan fingerprint density at radius 3 is 3.21 bits per heavy atom. The molecular weight excluding hydrogens is 198 g/mol. The fourth-order valence-electron chi connectivity index (χ4n) is 1.82. The van der Waals surface area contributed by atoms with Crippen molar-refractivity contribution in [2.24, 2.45) is 0 Å². The van der Waals surface area contributed by atoms with Crippen molar-refractivity contribution in [1.29, 1.82) is 0 Å². The van der Waals surface area contributed by atoms with E-state index in [9.17, 15) is 4.79 Å². The molecule has 76 valence electrons. The lowest BCUT2D eigenvalue weighted by Gasteiger charge is -2.21. The van der Waals surface area contributed by atoms with Gasteiger partial charge in [-0.1, -0.05) is 0 Å². The Balaban J connectivity index is 2.25. The van der Waals surface area contributed by atoms with Crippen molar-refractivity contribution in [2.75, 3.05) is 5.73 Å². The lowest BCUT2D eigenvalue weighted by atomic mass is 9.98. The van der Waals surface area contributed by atoms with Crippen LogP contribution in [0.25, 0.3) is 0 Å². The molecule has 0 bridgehead atoms. The van der Waals surface area contributed by atoms with Crippen LogP contribution in [0.1, 0.15) is 36.4 Å². The van der Waals surface area contributed by atoms with Gasteiger partial charge in [0.2, 0.25) is 5.91 Å². The van der Waals surface area contributed by atoms with Crippen molar-refractivity contribution in [3.63, 3.8) is 0 Å². The monoisotopic (exact) mass is 211 g/mol. The van der Waals surface area contributed by atoms with Crippen LogP contribution in [-0.2, 0) is 11.2 Å². The summed E-state index contributed by atoms with van der Waals surface area (Å²) in [5.74, 6) is -0.00517. The number of carbonyl (C=O) groups is 1. The average Bonchev–Trinajstić information content (AvgIpc) is 2.45. The molecule has 0 saturated carbocycles. The maximum atomic E-state index is 11.0. The number of amides is 1. The predicted octanol–water partition coefficient (Wildman–Crippen LogP) is 1.24. The minimum atomic E-state index is -0.00517. The first-order chi connectivity index (χ1) is 6.66. The summed E-state index contributed by atoms with van der Waals surface area (Å²) in [7, 11) is 0. The average molecular weight is 211 g/mol. The highest BCUT2D eigenvalue weighted by molar-refractivity contribution is 7.15. The summed E-state index contributed by atoms with van der Waals surface area (Å²) in [6.45, 7) is 1.53. The van der Waals surface area contributed by atoms with Crippen molar-refractivity contribution in [2.45, 2.75) is 32.2 Å². The second kappa shape index (κ2) is 3.57. The summed E-state index contributed by atoms with van der Waals surface area (Å²) in [4.78, 5) is 16.5. The summed E-state index contributed by atoms with van der Waals surface area (Å²) in [6, 6.07) is 0.0739. The molecule has 1 unspecified atom stereocenters. The quantitative estimate of drug-likeness (QED) is 0.734. The molecule has 3 N–H and O–H groups in total. The molecule has 0 aromatic carbocycles. The zero-order valence-electron chi connectivity index (χ0n) is 8.04. The number of carbonyl (C=O) groups excluding carboxylic acids is 1. The van der Waals surface area contributed by atoms with Crippen molar-refractivity contribution in [1.82, 2.24) is 10.3 Å². The Morgan fingerprint density at radius 1 is 1.71 bits per heavy atom. The number of nitrogens with zero attached hydrogens (tertiary/aromatic N) is 1. The van der Waals surface area contributed by atoms with Gasteiger partial charge in [-0.05, 0) is 19.3 Å².